The van der Waals surface area contributed by atoms with Gasteiger partial charge in [-0.3, -0.25) is 9.63 Å². The molecule has 0 spiro atoms. The van der Waals surface area contributed by atoms with Gasteiger partial charge >= 0.3 is 0 Å². The Labute approximate surface area is 202 Å². The minimum Gasteiger partial charge on any atom is -0.343 e. The van der Waals surface area contributed by atoms with Gasteiger partial charge in [0.05, 0.1) is 6.61 Å². The Bertz CT molecular complexity index is 968. The molecule has 10 heteroatoms. The fourth-order valence-corrected chi connectivity index (χ4v) is 3.76. The molecule has 0 saturated carbocycles. The highest BCUT2D eigenvalue weighted by Crippen LogP contribution is 2.25. The Balaban J connectivity index is 1.94. The molecule has 186 valence electrons. The van der Waals surface area contributed by atoms with E-state index >= 15 is 0 Å². The molecule has 0 unspecified atom stereocenters. The first-order valence-corrected chi connectivity index (χ1v) is 11.9. The molecule has 34 heavy (non-hydrogen) atoms. The van der Waals surface area contributed by atoms with E-state index in [0.717, 1.165) is 50.4 Å². The topological polar surface area (TPSA) is 108 Å². The Morgan fingerprint density at radius 3 is 2.74 bits per heavy atom. The van der Waals surface area contributed by atoms with Crippen LogP contribution in [0.3, 0.4) is 0 Å². The fourth-order valence-electron chi connectivity index (χ4n) is 3.76. The van der Waals surface area contributed by atoms with Gasteiger partial charge in [0.2, 0.25) is 17.8 Å². The van der Waals surface area contributed by atoms with Crippen molar-refractivity contribution in [1.82, 2.24) is 25.7 Å². The zero-order valence-corrected chi connectivity index (χ0v) is 21.2. The van der Waals surface area contributed by atoms with Crippen molar-refractivity contribution < 1.29 is 9.63 Å². The quantitative estimate of drug-likeness (QED) is 0.502. The Hall–Kier alpha value is -2.98. The van der Waals surface area contributed by atoms with Crippen molar-refractivity contribution in [1.29, 1.82) is 0 Å². The average molecular weight is 471 g/mol. The molecular formula is C24H38N8O2. The van der Waals surface area contributed by atoms with Gasteiger partial charge in [0.15, 0.2) is 0 Å². The highest BCUT2D eigenvalue weighted by atomic mass is 16.6. The first kappa shape index (κ1) is 25.6. The molecule has 0 bridgehead atoms. The predicted octanol–water partition coefficient (Wildman–Crippen LogP) is 2.89. The summed E-state index contributed by atoms with van der Waals surface area (Å²) in [5, 5.41) is 6.75. The van der Waals surface area contributed by atoms with Gasteiger partial charge in [0.25, 0.3) is 5.91 Å². The van der Waals surface area contributed by atoms with E-state index < -0.39 is 0 Å². The molecule has 0 aliphatic carbocycles. The molecule has 1 amide bonds. The number of hydrogen-bond acceptors (Lipinski definition) is 9. The zero-order valence-electron chi connectivity index (χ0n) is 21.2. The number of hydroxylamine groups is 1. The number of carbonyl (C=O) groups is 1. The summed E-state index contributed by atoms with van der Waals surface area (Å²) in [5.41, 5.74) is 4.73. The maximum absolute atomic E-state index is 12.4. The van der Waals surface area contributed by atoms with E-state index in [0.29, 0.717) is 30.0 Å². The Morgan fingerprint density at radius 2 is 2.00 bits per heavy atom. The van der Waals surface area contributed by atoms with Crippen LogP contribution in [0.15, 0.2) is 18.2 Å². The third-order valence-electron chi connectivity index (χ3n) is 5.34. The summed E-state index contributed by atoms with van der Waals surface area (Å²) >= 11 is 0. The predicted molar refractivity (Wildman–Crippen MR) is 136 cm³/mol. The average Bonchev–Trinajstić information content (AvgIpc) is 3.07. The number of hydrogen-bond donors (Lipinski definition) is 3. The molecule has 1 aromatic heterocycles. The van der Waals surface area contributed by atoms with Crippen molar-refractivity contribution in [3.8, 4) is 0 Å². The van der Waals surface area contributed by atoms with Crippen LogP contribution < -0.4 is 25.9 Å². The number of anilines is 4. The first-order valence-electron chi connectivity index (χ1n) is 11.9. The van der Waals surface area contributed by atoms with E-state index in [2.05, 4.69) is 46.7 Å². The maximum atomic E-state index is 12.4. The van der Waals surface area contributed by atoms with E-state index in [1.807, 2.05) is 27.0 Å². The summed E-state index contributed by atoms with van der Waals surface area (Å²) in [6.45, 7) is 15.1. The van der Waals surface area contributed by atoms with E-state index in [-0.39, 0.29) is 11.3 Å². The molecule has 1 aliphatic rings. The van der Waals surface area contributed by atoms with Gasteiger partial charge in [-0.25, -0.2) is 5.48 Å². The number of aryl methyl sites for hydroxylation is 1. The highest BCUT2D eigenvalue weighted by Gasteiger charge is 2.20. The lowest BCUT2D eigenvalue weighted by atomic mass is 9.96. The van der Waals surface area contributed by atoms with Gasteiger partial charge in [0, 0.05) is 44.5 Å². The van der Waals surface area contributed by atoms with Crippen molar-refractivity contribution in [2.75, 3.05) is 61.5 Å². The van der Waals surface area contributed by atoms with Crippen LogP contribution in [-0.4, -0.2) is 67.2 Å². The molecular weight excluding hydrogens is 432 g/mol. The lowest BCUT2D eigenvalue weighted by Crippen LogP contribution is -2.33. The van der Waals surface area contributed by atoms with Crippen molar-refractivity contribution in [3.63, 3.8) is 0 Å². The number of rotatable bonds is 8. The number of nitrogens with zero attached hydrogens (tertiary/aromatic N) is 5. The molecule has 0 radical (unpaired) electrons. The van der Waals surface area contributed by atoms with Gasteiger partial charge < -0.3 is 20.4 Å². The smallest absolute Gasteiger partial charge is 0.274 e. The third-order valence-corrected chi connectivity index (χ3v) is 5.34. The molecule has 1 fully saturated rings. The summed E-state index contributed by atoms with van der Waals surface area (Å²) in [7, 11) is 2.00. The summed E-state index contributed by atoms with van der Waals surface area (Å²) in [4.78, 5) is 35.9. The van der Waals surface area contributed by atoms with Gasteiger partial charge in [-0.05, 0) is 49.9 Å². The van der Waals surface area contributed by atoms with Crippen LogP contribution in [-0.2, 0) is 4.84 Å². The fraction of sp³-hybridized carbons (Fsp3) is 0.583. The second kappa shape index (κ2) is 11.4. The summed E-state index contributed by atoms with van der Waals surface area (Å²) in [6.07, 6.45) is 1.03. The molecule has 10 nitrogen and oxygen atoms in total. The largest absolute Gasteiger partial charge is 0.343 e. The van der Waals surface area contributed by atoms with Crippen molar-refractivity contribution in [2.45, 2.75) is 41.0 Å². The highest BCUT2D eigenvalue weighted by molar-refractivity contribution is 5.94. The standard InChI is InChI=1S/C24H38N8O2/c1-7-34-30-20(33)18-10-9-17(2)19(15-18)26-21-27-22(31(6)16-24(3,4)5)29-23(28-21)32-13-8-11-25-12-14-32/h9-10,15,25H,7-8,11-14,16H2,1-6H3,(H,30,33)(H,26,27,28,29). The van der Waals surface area contributed by atoms with Gasteiger partial charge in [-0.15, -0.1) is 0 Å². The number of aromatic nitrogens is 3. The SMILES string of the molecule is CCONC(=O)c1ccc(C)c(Nc2nc(N(C)CC(C)(C)C)nc(N3CCCNCC3)n2)c1. The number of nitrogens with one attached hydrogen (secondary N) is 3. The van der Waals surface area contributed by atoms with E-state index in [4.69, 9.17) is 19.8 Å². The Morgan fingerprint density at radius 1 is 1.21 bits per heavy atom. The lowest BCUT2D eigenvalue weighted by molar-refractivity contribution is 0.0364. The van der Waals surface area contributed by atoms with Crippen LogP contribution in [0, 0.1) is 12.3 Å². The number of benzene rings is 1. The maximum Gasteiger partial charge on any atom is 0.274 e. The van der Waals surface area contributed by atoms with E-state index in [1.54, 1.807) is 12.1 Å². The molecule has 1 aromatic carbocycles. The minimum absolute atomic E-state index is 0.0838. The van der Waals surface area contributed by atoms with Crippen LogP contribution in [0.4, 0.5) is 23.5 Å². The van der Waals surface area contributed by atoms with Gasteiger partial charge in [0.1, 0.15) is 0 Å². The molecule has 3 rings (SSSR count). The lowest BCUT2D eigenvalue weighted by Gasteiger charge is -2.28. The minimum atomic E-state index is -0.302. The summed E-state index contributed by atoms with van der Waals surface area (Å²) in [5.74, 6) is 1.41. The molecule has 0 atom stereocenters. The van der Waals surface area contributed by atoms with Crippen LogP contribution >= 0.6 is 0 Å². The van der Waals surface area contributed by atoms with Crippen LogP contribution in [0.1, 0.15) is 50.0 Å². The summed E-state index contributed by atoms with van der Waals surface area (Å²) < 4.78 is 0. The molecule has 2 heterocycles. The number of carbonyl (C=O) groups excluding carboxylic acids is 1. The second-order valence-corrected chi connectivity index (χ2v) is 9.79. The molecule has 2 aromatic rings. The van der Waals surface area contributed by atoms with Gasteiger partial charge in [-0.2, -0.15) is 15.0 Å². The second-order valence-electron chi connectivity index (χ2n) is 9.79. The van der Waals surface area contributed by atoms with Crippen LogP contribution in [0.2, 0.25) is 0 Å². The molecule has 1 saturated heterocycles. The Kier molecular flexibility index (Phi) is 8.62. The van der Waals surface area contributed by atoms with Crippen LogP contribution in [0.5, 0.6) is 0 Å². The number of amides is 1. The van der Waals surface area contributed by atoms with Crippen molar-refractivity contribution in [3.05, 3.63) is 29.3 Å². The van der Waals surface area contributed by atoms with Gasteiger partial charge in [-0.1, -0.05) is 26.8 Å². The van der Waals surface area contributed by atoms with E-state index in [9.17, 15) is 4.79 Å². The van der Waals surface area contributed by atoms with Crippen molar-refractivity contribution in [2.24, 2.45) is 5.41 Å². The first-order chi connectivity index (χ1) is 16.2. The molecule has 3 N–H and O–H groups in total. The molecule has 1 aliphatic heterocycles. The summed E-state index contributed by atoms with van der Waals surface area (Å²) in [6, 6.07) is 5.43. The van der Waals surface area contributed by atoms with Crippen LogP contribution in [0.25, 0.3) is 0 Å². The monoisotopic (exact) mass is 470 g/mol. The zero-order chi connectivity index (χ0) is 24.7. The third kappa shape index (κ3) is 7.26. The van der Waals surface area contributed by atoms with E-state index in [1.165, 1.54) is 0 Å². The van der Waals surface area contributed by atoms with Crippen molar-refractivity contribution >= 4 is 29.4 Å². The normalized spacial score (nSPS) is 14.5.